The summed E-state index contributed by atoms with van der Waals surface area (Å²) in [4.78, 5) is 12.6. The van der Waals surface area contributed by atoms with Gasteiger partial charge in [0.05, 0.1) is 51.2 Å². The molecule has 1 heterocycles. The highest BCUT2D eigenvalue weighted by molar-refractivity contribution is 6.09. The van der Waals surface area contributed by atoms with Crippen LogP contribution in [0.15, 0.2) is 66.7 Å². The van der Waals surface area contributed by atoms with Crippen LogP contribution in [0.2, 0.25) is 0 Å². The Kier molecular flexibility index (Phi) is 8.14. The first-order valence-corrected chi connectivity index (χ1v) is 11.2. The number of hydrogen-bond acceptors (Lipinski definition) is 6. The van der Waals surface area contributed by atoms with Crippen molar-refractivity contribution in [1.82, 2.24) is 4.57 Å². The third-order valence-electron chi connectivity index (χ3n) is 5.50. The minimum absolute atomic E-state index is 0.302. The van der Waals surface area contributed by atoms with Crippen molar-refractivity contribution >= 4 is 27.8 Å². The summed E-state index contributed by atoms with van der Waals surface area (Å²) in [7, 11) is 3.00. The van der Waals surface area contributed by atoms with Gasteiger partial charge in [0, 0.05) is 23.6 Å². The van der Waals surface area contributed by atoms with Crippen molar-refractivity contribution in [3.8, 4) is 11.4 Å². The third kappa shape index (κ3) is 5.22. The number of para-hydroxylation sites is 2. The van der Waals surface area contributed by atoms with E-state index in [2.05, 4.69) is 28.8 Å². The maximum Gasteiger partial charge on any atom is 0.341 e. The summed E-state index contributed by atoms with van der Waals surface area (Å²) >= 11 is 0. The second-order valence-corrected chi connectivity index (χ2v) is 7.61. The number of fused-ring (bicyclic) bond motifs is 3. The van der Waals surface area contributed by atoms with Crippen molar-refractivity contribution in [2.24, 2.45) is 0 Å². The Balaban J connectivity index is 1.52. The Morgan fingerprint density at radius 2 is 1.32 bits per heavy atom. The fourth-order valence-corrected chi connectivity index (χ4v) is 3.93. The number of rotatable bonds is 12. The molecule has 0 bridgehead atoms. The van der Waals surface area contributed by atoms with Gasteiger partial charge in [-0.15, -0.1) is 0 Å². The number of benzene rings is 3. The molecule has 0 aliphatic carbocycles. The number of aromatic nitrogens is 1. The highest BCUT2D eigenvalue weighted by Crippen LogP contribution is 2.33. The van der Waals surface area contributed by atoms with E-state index in [0.717, 1.165) is 27.5 Å². The molecule has 3 aromatic carbocycles. The number of esters is 1. The van der Waals surface area contributed by atoms with Gasteiger partial charge in [-0.25, -0.2) is 4.79 Å². The average Bonchev–Trinajstić information content (AvgIpc) is 3.22. The number of methoxy groups -OCH3 is 2. The van der Waals surface area contributed by atoms with E-state index in [1.165, 1.54) is 7.11 Å². The van der Waals surface area contributed by atoms with E-state index < -0.39 is 5.97 Å². The standard InChI is InChI=1S/C27H29NO6/c1-30-13-14-32-15-16-33-17-18-34-26-12-11-20(19-23(26)27(29)31-2)28-24-9-5-3-7-21(24)22-8-4-6-10-25(22)28/h3-12,19H,13-18H2,1-2H3. The van der Waals surface area contributed by atoms with E-state index in [1.807, 2.05) is 36.4 Å². The summed E-state index contributed by atoms with van der Waals surface area (Å²) in [6.45, 7) is 2.73. The number of carbonyl (C=O) groups excluding carboxylic acids is 1. The van der Waals surface area contributed by atoms with Crippen molar-refractivity contribution < 1.29 is 28.5 Å². The Bertz CT molecular complexity index is 1200. The number of hydrogen-bond donors (Lipinski definition) is 0. The molecular weight excluding hydrogens is 434 g/mol. The first-order valence-electron chi connectivity index (χ1n) is 11.2. The molecule has 34 heavy (non-hydrogen) atoms. The second kappa shape index (κ2) is 11.7. The van der Waals surface area contributed by atoms with E-state index in [-0.39, 0.29) is 0 Å². The lowest BCUT2D eigenvalue weighted by atomic mass is 10.1. The molecule has 0 radical (unpaired) electrons. The molecule has 0 aliphatic rings. The average molecular weight is 464 g/mol. The number of nitrogens with zero attached hydrogens (tertiary/aromatic N) is 1. The Hall–Kier alpha value is -3.39. The predicted octanol–water partition coefficient (Wildman–Crippen LogP) is 4.63. The molecular formula is C27H29NO6. The first-order chi connectivity index (χ1) is 16.7. The van der Waals surface area contributed by atoms with E-state index >= 15 is 0 Å². The van der Waals surface area contributed by atoms with Gasteiger partial charge in [0.15, 0.2) is 0 Å². The number of ether oxygens (including phenoxy) is 5. The second-order valence-electron chi connectivity index (χ2n) is 7.61. The topological polar surface area (TPSA) is 68.2 Å². The molecule has 0 fully saturated rings. The molecule has 7 nitrogen and oxygen atoms in total. The Labute approximate surface area is 198 Å². The fraction of sp³-hybridized carbons (Fsp3) is 0.296. The molecule has 0 unspecified atom stereocenters. The molecule has 4 aromatic rings. The van der Waals surface area contributed by atoms with Crippen molar-refractivity contribution in [3.63, 3.8) is 0 Å². The first kappa shape index (κ1) is 23.8. The van der Waals surface area contributed by atoms with Crippen molar-refractivity contribution in [1.29, 1.82) is 0 Å². The Morgan fingerprint density at radius 3 is 1.94 bits per heavy atom. The zero-order valence-corrected chi connectivity index (χ0v) is 19.5. The summed E-state index contributed by atoms with van der Waals surface area (Å²) in [5.74, 6) is 0.00129. The maximum atomic E-state index is 12.6. The van der Waals surface area contributed by atoms with E-state index in [9.17, 15) is 4.79 Å². The molecule has 178 valence electrons. The zero-order valence-electron chi connectivity index (χ0n) is 19.5. The van der Waals surface area contributed by atoms with Crippen LogP contribution in [0.3, 0.4) is 0 Å². The summed E-state index contributed by atoms with van der Waals surface area (Å²) in [5, 5.41) is 2.31. The zero-order chi connectivity index (χ0) is 23.8. The van der Waals surface area contributed by atoms with Crippen LogP contribution in [0.1, 0.15) is 10.4 Å². The summed E-state index contributed by atoms with van der Waals surface area (Å²) in [6.07, 6.45) is 0. The minimum atomic E-state index is -0.454. The highest BCUT2D eigenvalue weighted by atomic mass is 16.6. The molecule has 7 heteroatoms. The summed E-state index contributed by atoms with van der Waals surface area (Å²) < 4.78 is 28.8. The Morgan fingerprint density at radius 1 is 0.735 bits per heavy atom. The SMILES string of the molecule is COCCOCCOCCOc1ccc(-n2c3ccccc3c3ccccc32)cc1C(=O)OC. The van der Waals surface area contributed by atoms with Crippen LogP contribution in [0.4, 0.5) is 0 Å². The quantitative estimate of drug-likeness (QED) is 0.225. The van der Waals surface area contributed by atoms with Gasteiger partial charge in [0.25, 0.3) is 0 Å². The lowest BCUT2D eigenvalue weighted by Gasteiger charge is -2.14. The molecule has 0 amide bonds. The van der Waals surface area contributed by atoms with Gasteiger partial charge in [-0.1, -0.05) is 36.4 Å². The minimum Gasteiger partial charge on any atom is -0.490 e. The lowest BCUT2D eigenvalue weighted by molar-refractivity contribution is 0.0178. The van der Waals surface area contributed by atoms with Crippen LogP contribution in [0, 0.1) is 0 Å². The predicted molar refractivity (Wildman–Crippen MR) is 131 cm³/mol. The number of carbonyl (C=O) groups is 1. The van der Waals surface area contributed by atoms with Crippen molar-refractivity contribution in [2.45, 2.75) is 0 Å². The largest absolute Gasteiger partial charge is 0.490 e. The molecule has 0 saturated carbocycles. The highest BCUT2D eigenvalue weighted by Gasteiger charge is 2.17. The lowest BCUT2D eigenvalue weighted by Crippen LogP contribution is -2.14. The summed E-state index contributed by atoms with van der Waals surface area (Å²) in [5.41, 5.74) is 3.35. The smallest absolute Gasteiger partial charge is 0.341 e. The van der Waals surface area contributed by atoms with Gasteiger partial charge in [0.1, 0.15) is 17.9 Å². The van der Waals surface area contributed by atoms with Crippen LogP contribution < -0.4 is 4.74 Å². The van der Waals surface area contributed by atoms with Crippen LogP contribution >= 0.6 is 0 Å². The van der Waals surface area contributed by atoms with Crippen LogP contribution in [0.5, 0.6) is 5.75 Å². The van der Waals surface area contributed by atoms with Gasteiger partial charge in [-0.2, -0.15) is 0 Å². The summed E-state index contributed by atoms with van der Waals surface area (Å²) in [6, 6.07) is 22.0. The third-order valence-corrected chi connectivity index (χ3v) is 5.50. The molecule has 0 atom stereocenters. The fourth-order valence-electron chi connectivity index (χ4n) is 3.93. The van der Waals surface area contributed by atoms with E-state index in [4.69, 9.17) is 23.7 Å². The molecule has 4 rings (SSSR count). The van der Waals surface area contributed by atoms with Crippen LogP contribution in [0.25, 0.3) is 27.5 Å². The monoisotopic (exact) mass is 463 g/mol. The van der Waals surface area contributed by atoms with Gasteiger partial charge in [-0.3, -0.25) is 0 Å². The molecule has 0 N–H and O–H groups in total. The molecule has 0 saturated heterocycles. The van der Waals surface area contributed by atoms with Gasteiger partial charge in [-0.05, 0) is 30.3 Å². The van der Waals surface area contributed by atoms with Gasteiger partial charge in [0.2, 0.25) is 0 Å². The molecule has 0 aliphatic heterocycles. The van der Waals surface area contributed by atoms with Crippen LogP contribution in [-0.4, -0.2) is 64.4 Å². The van der Waals surface area contributed by atoms with E-state index in [0.29, 0.717) is 51.0 Å². The van der Waals surface area contributed by atoms with Crippen LogP contribution in [-0.2, 0) is 18.9 Å². The molecule has 1 aromatic heterocycles. The van der Waals surface area contributed by atoms with Crippen molar-refractivity contribution in [2.75, 3.05) is 53.9 Å². The maximum absolute atomic E-state index is 12.6. The molecule has 0 spiro atoms. The van der Waals surface area contributed by atoms with Gasteiger partial charge >= 0.3 is 5.97 Å². The van der Waals surface area contributed by atoms with Gasteiger partial charge < -0.3 is 28.3 Å². The van der Waals surface area contributed by atoms with Crippen molar-refractivity contribution in [3.05, 3.63) is 72.3 Å². The van der Waals surface area contributed by atoms with E-state index in [1.54, 1.807) is 13.2 Å². The normalized spacial score (nSPS) is 11.2.